The summed E-state index contributed by atoms with van der Waals surface area (Å²) in [6.45, 7) is 0.872. The summed E-state index contributed by atoms with van der Waals surface area (Å²) in [5.74, 6) is 1.84. The molecule has 0 amide bonds. The maximum Gasteiger partial charge on any atom is 0.122 e. The number of aromatic nitrogens is 1. The molecule has 3 nitrogen and oxygen atoms in total. The fraction of sp³-hybridized carbons (Fsp3) is 0.267. The normalized spacial score (nSPS) is 10.4. The van der Waals surface area contributed by atoms with Crippen molar-refractivity contribution in [3.8, 4) is 5.75 Å². The molecule has 0 radical (unpaired) electrons. The highest BCUT2D eigenvalue weighted by Gasteiger charge is 2.05. The molecule has 0 atom stereocenters. The smallest absolute Gasteiger partial charge is 0.122 e. The van der Waals surface area contributed by atoms with Crippen LogP contribution in [0.15, 0.2) is 47.6 Å². The van der Waals surface area contributed by atoms with Crippen LogP contribution < -0.4 is 10.1 Å². The summed E-state index contributed by atoms with van der Waals surface area (Å²) in [5, 5.41) is 3.17. The standard InChI is InChI=1S/C15H18N2OS/c1-16-10-12-3-4-15(18-2)13(9-12)11-19-14-5-7-17-8-6-14/h3-9,16H,10-11H2,1-2H3. The van der Waals surface area contributed by atoms with E-state index in [9.17, 15) is 0 Å². The zero-order chi connectivity index (χ0) is 13.5. The van der Waals surface area contributed by atoms with Crippen LogP contribution in [-0.2, 0) is 12.3 Å². The van der Waals surface area contributed by atoms with E-state index in [1.807, 2.05) is 37.6 Å². The van der Waals surface area contributed by atoms with E-state index in [1.54, 1.807) is 18.9 Å². The largest absolute Gasteiger partial charge is 0.496 e. The highest BCUT2D eigenvalue weighted by molar-refractivity contribution is 7.98. The van der Waals surface area contributed by atoms with Crippen molar-refractivity contribution in [2.75, 3.05) is 14.2 Å². The predicted molar refractivity (Wildman–Crippen MR) is 79.6 cm³/mol. The van der Waals surface area contributed by atoms with Gasteiger partial charge in [0.25, 0.3) is 0 Å². The maximum absolute atomic E-state index is 5.42. The zero-order valence-corrected chi connectivity index (χ0v) is 12.0. The van der Waals surface area contributed by atoms with E-state index in [0.717, 1.165) is 18.0 Å². The summed E-state index contributed by atoms with van der Waals surface area (Å²) in [5.41, 5.74) is 2.49. The lowest BCUT2D eigenvalue weighted by Gasteiger charge is -2.10. The van der Waals surface area contributed by atoms with Crippen molar-refractivity contribution in [1.82, 2.24) is 10.3 Å². The number of rotatable bonds is 6. The minimum absolute atomic E-state index is 0.872. The number of pyridine rings is 1. The number of benzene rings is 1. The van der Waals surface area contributed by atoms with Gasteiger partial charge in [0.15, 0.2) is 0 Å². The Balaban J connectivity index is 2.11. The molecule has 0 unspecified atom stereocenters. The van der Waals surface area contributed by atoms with Crippen molar-refractivity contribution in [2.45, 2.75) is 17.2 Å². The van der Waals surface area contributed by atoms with Crippen LogP contribution in [0.4, 0.5) is 0 Å². The third kappa shape index (κ3) is 3.98. The summed E-state index contributed by atoms with van der Waals surface area (Å²) in [6, 6.07) is 10.4. The summed E-state index contributed by atoms with van der Waals surface area (Å²) < 4.78 is 5.42. The molecule has 19 heavy (non-hydrogen) atoms. The maximum atomic E-state index is 5.42. The van der Waals surface area contributed by atoms with Crippen molar-refractivity contribution < 1.29 is 4.74 Å². The average molecular weight is 274 g/mol. The second-order valence-electron chi connectivity index (χ2n) is 4.15. The van der Waals surface area contributed by atoms with Gasteiger partial charge in [-0.2, -0.15) is 0 Å². The fourth-order valence-electron chi connectivity index (χ4n) is 1.85. The van der Waals surface area contributed by atoms with Gasteiger partial charge in [-0.1, -0.05) is 6.07 Å². The van der Waals surface area contributed by atoms with Gasteiger partial charge in [0.05, 0.1) is 7.11 Å². The molecule has 0 aliphatic carbocycles. The van der Waals surface area contributed by atoms with Crippen LogP contribution in [0.3, 0.4) is 0 Å². The number of hydrogen-bond acceptors (Lipinski definition) is 4. The molecule has 0 aliphatic rings. The third-order valence-corrected chi connectivity index (χ3v) is 3.83. The van der Waals surface area contributed by atoms with Gasteiger partial charge < -0.3 is 10.1 Å². The van der Waals surface area contributed by atoms with Gasteiger partial charge in [-0.3, -0.25) is 4.98 Å². The van der Waals surface area contributed by atoms with Gasteiger partial charge in [-0.15, -0.1) is 11.8 Å². The third-order valence-electron chi connectivity index (χ3n) is 2.77. The van der Waals surface area contributed by atoms with Crippen LogP contribution >= 0.6 is 11.8 Å². The molecule has 1 aromatic carbocycles. The minimum Gasteiger partial charge on any atom is -0.496 e. The lowest BCUT2D eigenvalue weighted by atomic mass is 10.1. The van der Waals surface area contributed by atoms with E-state index in [-0.39, 0.29) is 0 Å². The molecular formula is C15H18N2OS. The van der Waals surface area contributed by atoms with Crippen molar-refractivity contribution in [3.05, 3.63) is 53.9 Å². The van der Waals surface area contributed by atoms with Crippen LogP contribution in [0.1, 0.15) is 11.1 Å². The summed E-state index contributed by atoms with van der Waals surface area (Å²) >= 11 is 1.79. The monoisotopic (exact) mass is 274 g/mol. The molecule has 0 saturated heterocycles. The average Bonchev–Trinajstić information content (AvgIpc) is 2.47. The molecule has 1 N–H and O–H groups in total. The summed E-state index contributed by atoms with van der Waals surface area (Å²) in [4.78, 5) is 5.24. The van der Waals surface area contributed by atoms with Crippen LogP contribution in [0.2, 0.25) is 0 Å². The first-order valence-electron chi connectivity index (χ1n) is 6.16. The summed E-state index contributed by atoms with van der Waals surface area (Å²) in [6.07, 6.45) is 3.63. The van der Waals surface area contributed by atoms with Gasteiger partial charge in [0.1, 0.15) is 5.75 Å². The van der Waals surface area contributed by atoms with Crippen LogP contribution in [-0.4, -0.2) is 19.1 Å². The van der Waals surface area contributed by atoms with Crippen LogP contribution in [0.25, 0.3) is 0 Å². The van der Waals surface area contributed by atoms with Gasteiger partial charge in [-0.05, 0) is 36.9 Å². The summed E-state index contributed by atoms with van der Waals surface area (Å²) in [7, 11) is 3.67. The molecule has 4 heteroatoms. The molecule has 0 fully saturated rings. The van der Waals surface area contributed by atoms with Gasteiger partial charge in [0, 0.05) is 35.2 Å². The van der Waals surface area contributed by atoms with Crippen molar-refractivity contribution in [1.29, 1.82) is 0 Å². The number of nitrogens with one attached hydrogen (secondary N) is 1. The first-order valence-corrected chi connectivity index (χ1v) is 7.15. The highest BCUT2D eigenvalue weighted by atomic mass is 32.2. The van der Waals surface area contributed by atoms with Gasteiger partial charge >= 0.3 is 0 Å². The lowest BCUT2D eigenvalue weighted by Crippen LogP contribution is -2.05. The molecule has 1 aromatic heterocycles. The second-order valence-corrected chi connectivity index (χ2v) is 5.20. The van der Waals surface area contributed by atoms with Crippen LogP contribution in [0, 0.1) is 0 Å². The number of methoxy groups -OCH3 is 1. The second kappa shape index (κ2) is 7.16. The topological polar surface area (TPSA) is 34.1 Å². The molecule has 2 aromatic rings. The fourth-order valence-corrected chi connectivity index (χ4v) is 2.72. The molecule has 1 heterocycles. The van der Waals surface area contributed by atoms with Crippen molar-refractivity contribution >= 4 is 11.8 Å². The molecule has 0 aliphatic heterocycles. The van der Waals surface area contributed by atoms with E-state index in [1.165, 1.54) is 16.0 Å². The van der Waals surface area contributed by atoms with E-state index >= 15 is 0 Å². The van der Waals surface area contributed by atoms with Gasteiger partial charge in [0.2, 0.25) is 0 Å². The predicted octanol–water partition coefficient (Wildman–Crippen LogP) is 3.10. The Morgan fingerprint density at radius 1 is 1.21 bits per heavy atom. The van der Waals surface area contributed by atoms with Gasteiger partial charge in [-0.25, -0.2) is 0 Å². The quantitative estimate of drug-likeness (QED) is 0.821. The molecule has 0 saturated carbocycles. The number of nitrogens with zero attached hydrogens (tertiary/aromatic N) is 1. The number of hydrogen-bond donors (Lipinski definition) is 1. The SMILES string of the molecule is CNCc1ccc(OC)c(CSc2ccncc2)c1. The minimum atomic E-state index is 0.872. The van der Waals surface area contributed by atoms with Crippen molar-refractivity contribution in [2.24, 2.45) is 0 Å². The molecule has 100 valence electrons. The van der Waals surface area contributed by atoms with E-state index in [2.05, 4.69) is 22.4 Å². The Morgan fingerprint density at radius 3 is 2.68 bits per heavy atom. The molecule has 0 spiro atoms. The number of thioether (sulfide) groups is 1. The zero-order valence-electron chi connectivity index (χ0n) is 11.2. The Bertz CT molecular complexity index is 517. The van der Waals surface area contributed by atoms with Crippen molar-refractivity contribution in [3.63, 3.8) is 0 Å². The lowest BCUT2D eigenvalue weighted by molar-refractivity contribution is 0.411. The Morgan fingerprint density at radius 2 is 2.00 bits per heavy atom. The van der Waals surface area contributed by atoms with E-state index < -0.39 is 0 Å². The van der Waals surface area contributed by atoms with E-state index in [0.29, 0.717) is 0 Å². The van der Waals surface area contributed by atoms with E-state index in [4.69, 9.17) is 4.74 Å². The Kier molecular flexibility index (Phi) is 5.24. The van der Waals surface area contributed by atoms with Crippen LogP contribution in [0.5, 0.6) is 5.75 Å². The number of ether oxygens (including phenoxy) is 1. The first kappa shape index (κ1) is 13.9. The molecule has 0 bridgehead atoms. The Hall–Kier alpha value is -1.52. The highest BCUT2D eigenvalue weighted by Crippen LogP contribution is 2.28. The first-order chi connectivity index (χ1) is 9.33. The molecular weight excluding hydrogens is 256 g/mol. The molecule has 2 rings (SSSR count). The Labute approximate surface area is 118 Å².